The van der Waals surface area contributed by atoms with Gasteiger partial charge in [-0.25, -0.2) is 9.97 Å². The number of ether oxygens (including phenoxy) is 1. The quantitative estimate of drug-likeness (QED) is 0.308. The lowest BCUT2D eigenvalue weighted by Gasteiger charge is -2.50. The van der Waals surface area contributed by atoms with Crippen molar-refractivity contribution in [2.75, 3.05) is 75.1 Å². The number of benzene rings is 1. The van der Waals surface area contributed by atoms with Crippen LogP contribution in [0, 0.1) is 5.41 Å². The number of anilines is 4. The molecule has 1 aromatic carbocycles. The SMILES string of the molecule is CCc1cc(Nc2nc(NC3CC4(CCOCC4)C3)c(-c3ccncc3)nc2C(N)=O)ccc1N1CCC(N2CCN(C)CC2)CC1. The number of likely N-dealkylation sites (N-methyl/N-ethyl adjacent to an activating group) is 1. The lowest BCUT2D eigenvalue weighted by Crippen LogP contribution is -2.52. The lowest BCUT2D eigenvalue weighted by atomic mass is 9.61. The minimum atomic E-state index is -0.623. The summed E-state index contributed by atoms with van der Waals surface area (Å²) in [5.41, 5.74) is 11.2. The third-order valence-electron chi connectivity index (χ3n) is 10.9. The van der Waals surface area contributed by atoms with Gasteiger partial charge in [-0.1, -0.05) is 6.92 Å². The number of aromatic nitrogens is 3. The van der Waals surface area contributed by atoms with Crippen molar-refractivity contribution in [3.05, 3.63) is 54.0 Å². The van der Waals surface area contributed by atoms with Crippen molar-refractivity contribution in [2.45, 2.75) is 64.0 Å². The van der Waals surface area contributed by atoms with E-state index in [4.69, 9.17) is 20.4 Å². The molecule has 3 aliphatic heterocycles. The number of rotatable bonds is 9. The molecule has 4 fully saturated rings. The molecule has 47 heavy (non-hydrogen) atoms. The summed E-state index contributed by atoms with van der Waals surface area (Å²) in [6.07, 6.45) is 11.1. The van der Waals surface area contributed by atoms with E-state index in [1.807, 2.05) is 12.1 Å². The second-order valence-corrected chi connectivity index (χ2v) is 14.0. The molecule has 1 aliphatic carbocycles. The van der Waals surface area contributed by atoms with Crippen LogP contribution in [0.5, 0.6) is 0 Å². The molecular weight excluding hydrogens is 590 g/mol. The van der Waals surface area contributed by atoms with Crippen LogP contribution >= 0.6 is 0 Å². The van der Waals surface area contributed by atoms with Gasteiger partial charge in [0.05, 0.1) is 0 Å². The molecule has 7 rings (SSSR count). The Labute approximate surface area is 278 Å². The van der Waals surface area contributed by atoms with E-state index in [2.05, 4.69) is 62.5 Å². The number of aryl methyl sites for hydroxylation is 1. The predicted octanol–water partition coefficient (Wildman–Crippen LogP) is 4.53. The zero-order valence-electron chi connectivity index (χ0n) is 27.9. The number of carbonyl (C=O) groups is 1. The summed E-state index contributed by atoms with van der Waals surface area (Å²) in [5.74, 6) is 0.383. The molecule has 0 bridgehead atoms. The number of piperidine rings is 1. The molecule has 250 valence electrons. The summed E-state index contributed by atoms with van der Waals surface area (Å²) in [4.78, 5) is 34.4. The highest BCUT2D eigenvalue weighted by atomic mass is 16.5. The van der Waals surface area contributed by atoms with Crippen molar-refractivity contribution in [3.8, 4) is 11.3 Å². The Hall–Kier alpha value is -3.80. The first-order valence-corrected chi connectivity index (χ1v) is 17.4. The molecule has 3 saturated heterocycles. The van der Waals surface area contributed by atoms with E-state index < -0.39 is 5.91 Å². The topological polar surface area (TPSA) is 125 Å². The molecular formula is C36H49N9O2. The first-order chi connectivity index (χ1) is 22.9. The molecule has 1 spiro atoms. The maximum atomic E-state index is 12.8. The standard InChI is InChI=1S/C36H49N9O2/c1-3-25-22-27(4-5-30(25)45-14-8-29(9-15-45)44-18-16-43(2)17-19-44)39-35-32(33(37)46)41-31(26-6-12-38-13-7-26)34(42-35)40-28-23-36(24-28)10-20-47-21-11-36/h4-7,12-13,22,28-29H,3,8-11,14-21,23-24H2,1-2H3,(H2,37,46)(H2,39,40,42). The van der Waals surface area contributed by atoms with Crippen LogP contribution in [-0.4, -0.2) is 102 Å². The predicted molar refractivity (Wildman–Crippen MR) is 186 cm³/mol. The fraction of sp³-hybridized carbons (Fsp3) is 0.556. The third kappa shape index (κ3) is 6.93. The van der Waals surface area contributed by atoms with Gasteiger partial charge >= 0.3 is 0 Å². The Kier molecular flexibility index (Phi) is 9.29. The van der Waals surface area contributed by atoms with E-state index in [1.165, 1.54) is 37.2 Å². The third-order valence-corrected chi connectivity index (χ3v) is 10.9. The maximum absolute atomic E-state index is 12.8. The molecule has 5 heterocycles. The smallest absolute Gasteiger partial charge is 0.271 e. The van der Waals surface area contributed by atoms with Crippen LogP contribution < -0.4 is 21.3 Å². The molecule has 2 aromatic heterocycles. The zero-order chi connectivity index (χ0) is 32.4. The van der Waals surface area contributed by atoms with Crippen molar-refractivity contribution in [1.29, 1.82) is 0 Å². The summed E-state index contributed by atoms with van der Waals surface area (Å²) in [6.45, 7) is 10.7. The molecule has 0 radical (unpaired) electrons. The van der Waals surface area contributed by atoms with E-state index in [-0.39, 0.29) is 11.7 Å². The van der Waals surface area contributed by atoms with E-state index in [0.717, 1.165) is 82.7 Å². The average Bonchev–Trinajstić information content (AvgIpc) is 3.09. The summed E-state index contributed by atoms with van der Waals surface area (Å²) < 4.78 is 5.62. The van der Waals surface area contributed by atoms with Crippen LogP contribution in [-0.2, 0) is 11.2 Å². The molecule has 1 saturated carbocycles. The van der Waals surface area contributed by atoms with Gasteiger partial charge in [-0.15, -0.1) is 0 Å². The molecule has 4 aliphatic rings. The Morgan fingerprint density at radius 2 is 1.70 bits per heavy atom. The van der Waals surface area contributed by atoms with Gasteiger partial charge in [0, 0.05) is 93.9 Å². The van der Waals surface area contributed by atoms with Crippen LogP contribution in [0.4, 0.5) is 23.0 Å². The number of nitrogens with one attached hydrogen (secondary N) is 2. The van der Waals surface area contributed by atoms with Gasteiger partial charge in [-0.05, 0) is 93.3 Å². The maximum Gasteiger partial charge on any atom is 0.271 e. The largest absolute Gasteiger partial charge is 0.381 e. The van der Waals surface area contributed by atoms with Crippen molar-refractivity contribution < 1.29 is 9.53 Å². The molecule has 3 aromatic rings. The minimum Gasteiger partial charge on any atom is -0.381 e. The monoisotopic (exact) mass is 639 g/mol. The Morgan fingerprint density at radius 1 is 0.979 bits per heavy atom. The van der Waals surface area contributed by atoms with Crippen molar-refractivity contribution >= 4 is 28.9 Å². The highest BCUT2D eigenvalue weighted by Crippen LogP contribution is 2.50. The molecule has 0 atom stereocenters. The molecule has 4 N–H and O–H groups in total. The summed E-state index contributed by atoms with van der Waals surface area (Å²) >= 11 is 0. The van der Waals surface area contributed by atoms with Crippen molar-refractivity contribution in [2.24, 2.45) is 11.1 Å². The van der Waals surface area contributed by atoms with Crippen LogP contribution in [0.1, 0.15) is 61.5 Å². The number of carbonyl (C=O) groups excluding carboxylic acids is 1. The van der Waals surface area contributed by atoms with E-state index in [9.17, 15) is 4.79 Å². The fourth-order valence-corrected chi connectivity index (χ4v) is 8.05. The van der Waals surface area contributed by atoms with Gasteiger partial charge in [-0.2, -0.15) is 0 Å². The first kappa shape index (κ1) is 31.8. The number of pyridine rings is 1. The molecule has 1 amide bonds. The zero-order valence-corrected chi connectivity index (χ0v) is 27.9. The summed E-state index contributed by atoms with van der Waals surface area (Å²) in [7, 11) is 2.22. The van der Waals surface area contributed by atoms with Crippen LogP contribution in [0.15, 0.2) is 42.7 Å². The number of amides is 1. The van der Waals surface area contributed by atoms with Crippen LogP contribution in [0.3, 0.4) is 0 Å². The summed E-state index contributed by atoms with van der Waals surface area (Å²) in [5, 5.41) is 7.10. The number of nitrogens with zero attached hydrogens (tertiary/aromatic N) is 6. The number of primary amides is 1. The second-order valence-electron chi connectivity index (χ2n) is 14.0. The van der Waals surface area contributed by atoms with Crippen molar-refractivity contribution in [3.63, 3.8) is 0 Å². The van der Waals surface area contributed by atoms with Gasteiger partial charge < -0.3 is 30.9 Å². The molecule has 0 unspecified atom stereocenters. The highest BCUT2D eigenvalue weighted by Gasteiger charge is 2.45. The van der Waals surface area contributed by atoms with E-state index >= 15 is 0 Å². The Morgan fingerprint density at radius 3 is 2.38 bits per heavy atom. The number of hydrogen-bond acceptors (Lipinski definition) is 10. The Bertz CT molecular complexity index is 1540. The molecule has 11 heteroatoms. The molecule has 11 nitrogen and oxygen atoms in total. The van der Waals surface area contributed by atoms with Crippen molar-refractivity contribution in [1.82, 2.24) is 24.8 Å². The Balaban J connectivity index is 1.11. The van der Waals surface area contributed by atoms with E-state index in [0.29, 0.717) is 28.8 Å². The van der Waals surface area contributed by atoms with Gasteiger partial charge in [-0.3, -0.25) is 14.7 Å². The average molecular weight is 640 g/mol. The normalized spacial score (nSPS) is 21.0. The lowest BCUT2D eigenvalue weighted by molar-refractivity contribution is -0.0342. The van der Waals surface area contributed by atoms with Crippen LogP contribution in [0.25, 0.3) is 11.3 Å². The summed E-state index contributed by atoms with van der Waals surface area (Å²) in [6, 6.07) is 11.2. The van der Waals surface area contributed by atoms with Gasteiger partial charge in [0.15, 0.2) is 17.3 Å². The van der Waals surface area contributed by atoms with E-state index in [1.54, 1.807) is 12.4 Å². The van der Waals surface area contributed by atoms with Gasteiger partial charge in [0.1, 0.15) is 5.69 Å². The number of hydrogen-bond donors (Lipinski definition) is 3. The fourth-order valence-electron chi connectivity index (χ4n) is 8.05. The van der Waals surface area contributed by atoms with Gasteiger partial charge in [0.2, 0.25) is 0 Å². The van der Waals surface area contributed by atoms with Gasteiger partial charge in [0.25, 0.3) is 5.91 Å². The second kappa shape index (κ2) is 13.7. The highest BCUT2D eigenvalue weighted by molar-refractivity contribution is 5.97. The minimum absolute atomic E-state index is 0.116. The first-order valence-electron chi connectivity index (χ1n) is 17.4. The number of nitrogens with two attached hydrogens (primary N) is 1. The number of piperazine rings is 1. The van der Waals surface area contributed by atoms with Crippen LogP contribution in [0.2, 0.25) is 0 Å².